The maximum Gasteiger partial charge on any atom is 0.318 e. The largest absolute Gasteiger partial charge is 0.394 e. The summed E-state index contributed by atoms with van der Waals surface area (Å²) in [6.45, 7) is 4.49. The average molecular weight is 426 g/mol. The van der Waals surface area contributed by atoms with Crippen molar-refractivity contribution in [2.75, 3.05) is 27.2 Å². The van der Waals surface area contributed by atoms with Gasteiger partial charge in [-0.05, 0) is 23.5 Å². The van der Waals surface area contributed by atoms with Gasteiger partial charge in [-0.3, -0.25) is 4.79 Å². The van der Waals surface area contributed by atoms with E-state index in [1.165, 1.54) is 4.90 Å². The van der Waals surface area contributed by atoms with E-state index in [1.807, 2.05) is 60.7 Å². The number of aliphatic hydroxyl groups is 1. The molecule has 2 aromatic carbocycles. The van der Waals surface area contributed by atoms with Gasteiger partial charge in [0.25, 0.3) is 0 Å². The standard InChI is InChI=1S/C25H35N3O3/c1-19(2)15-16-28(23(18-29)21-13-9-6-10-14-21)25(31)26-22(24(30)27(3)4)17-20-11-7-5-8-12-20/h5-14,19,22-23,29H,15-18H2,1-4H3,(H,26,31)/t22-,23+/m0/s1. The van der Waals surface area contributed by atoms with Gasteiger partial charge in [0.15, 0.2) is 0 Å². The zero-order valence-electron chi connectivity index (χ0n) is 19.0. The molecule has 6 heteroatoms. The van der Waals surface area contributed by atoms with Crippen molar-refractivity contribution in [2.24, 2.45) is 5.92 Å². The van der Waals surface area contributed by atoms with Gasteiger partial charge in [-0.15, -0.1) is 0 Å². The Kier molecular flexibility index (Phi) is 9.53. The number of benzene rings is 2. The molecular weight excluding hydrogens is 390 g/mol. The summed E-state index contributed by atoms with van der Waals surface area (Å²) >= 11 is 0. The Morgan fingerprint density at radius 1 is 0.968 bits per heavy atom. The van der Waals surface area contributed by atoms with Gasteiger partial charge in [-0.25, -0.2) is 4.79 Å². The van der Waals surface area contributed by atoms with Crippen molar-refractivity contribution < 1.29 is 14.7 Å². The molecule has 6 nitrogen and oxygen atoms in total. The number of rotatable bonds is 10. The Balaban J connectivity index is 2.28. The van der Waals surface area contributed by atoms with Gasteiger partial charge in [-0.2, -0.15) is 0 Å². The molecule has 3 amide bonds. The van der Waals surface area contributed by atoms with Gasteiger partial charge < -0.3 is 20.2 Å². The van der Waals surface area contributed by atoms with E-state index >= 15 is 0 Å². The van der Waals surface area contributed by atoms with Crippen LogP contribution in [0.2, 0.25) is 0 Å². The van der Waals surface area contributed by atoms with Gasteiger partial charge in [0.2, 0.25) is 5.91 Å². The molecule has 0 aromatic heterocycles. The monoisotopic (exact) mass is 425 g/mol. The third kappa shape index (κ3) is 7.40. The maximum atomic E-state index is 13.4. The number of nitrogens with one attached hydrogen (secondary N) is 1. The third-order valence-electron chi connectivity index (χ3n) is 5.26. The van der Waals surface area contributed by atoms with Crippen molar-refractivity contribution in [1.29, 1.82) is 0 Å². The second-order valence-electron chi connectivity index (χ2n) is 8.41. The van der Waals surface area contributed by atoms with Crippen LogP contribution in [0, 0.1) is 5.92 Å². The van der Waals surface area contributed by atoms with Crippen LogP contribution in [-0.2, 0) is 11.2 Å². The number of amides is 3. The number of hydrogen-bond acceptors (Lipinski definition) is 3. The summed E-state index contributed by atoms with van der Waals surface area (Å²) < 4.78 is 0. The first kappa shape index (κ1) is 24.4. The molecule has 2 N–H and O–H groups in total. The molecule has 0 heterocycles. The van der Waals surface area contributed by atoms with Crippen molar-refractivity contribution in [1.82, 2.24) is 15.1 Å². The number of likely N-dealkylation sites (N-methyl/N-ethyl adjacent to an activating group) is 1. The average Bonchev–Trinajstić information content (AvgIpc) is 2.76. The summed E-state index contributed by atoms with van der Waals surface area (Å²) in [7, 11) is 3.37. The van der Waals surface area contributed by atoms with Gasteiger partial charge >= 0.3 is 6.03 Å². The highest BCUT2D eigenvalue weighted by atomic mass is 16.3. The van der Waals surface area contributed by atoms with E-state index in [2.05, 4.69) is 19.2 Å². The number of hydrogen-bond donors (Lipinski definition) is 2. The molecular formula is C25H35N3O3. The quantitative estimate of drug-likeness (QED) is 0.612. The zero-order chi connectivity index (χ0) is 22.8. The van der Waals surface area contributed by atoms with Crippen LogP contribution in [0.4, 0.5) is 4.79 Å². The van der Waals surface area contributed by atoms with Gasteiger partial charge in [0.05, 0.1) is 12.6 Å². The Labute approximate surface area is 185 Å². The van der Waals surface area contributed by atoms with Crippen LogP contribution in [0.1, 0.15) is 37.4 Å². The molecule has 2 aromatic rings. The van der Waals surface area contributed by atoms with Crippen molar-refractivity contribution in [3.63, 3.8) is 0 Å². The minimum absolute atomic E-state index is 0.165. The molecule has 0 aliphatic carbocycles. The lowest BCUT2D eigenvalue weighted by Gasteiger charge is -2.33. The predicted octanol–water partition coefficient (Wildman–Crippen LogP) is 3.48. The highest BCUT2D eigenvalue weighted by molar-refractivity contribution is 5.87. The van der Waals surface area contributed by atoms with Crippen molar-refractivity contribution in [2.45, 2.75) is 38.8 Å². The number of urea groups is 1. The predicted molar refractivity (Wildman–Crippen MR) is 124 cm³/mol. The lowest BCUT2D eigenvalue weighted by Crippen LogP contribution is -2.53. The van der Waals surface area contributed by atoms with Crippen molar-refractivity contribution >= 4 is 11.9 Å². The number of carbonyl (C=O) groups is 2. The lowest BCUT2D eigenvalue weighted by atomic mass is 10.0. The van der Waals surface area contributed by atoms with E-state index in [0.29, 0.717) is 18.9 Å². The lowest BCUT2D eigenvalue weighted by molar-refractivity contribution is -0.130. The molecule has 0 aliphatic rings. The maximum absolute atomic E-state index is 13.4. The summed E-state index contributed by atoms with van der Waals surface area (Å²) in [5, 5.41) is 13.1. The van der Waals surface area contributed by atoms with E-state index < -0.39 is 12.1 Å². The summed E-state index contributed by atoms with van der Waals surface area (Å²) in [6.07, 6.45) is 1.19. The van der Waals surface area contributed by atoms with Gasteiger partial charge in [0.1, 0.15) is 6.04 Å². The van der Waals surface area contributed by atoms with Crippen LogP contribution >= 0.6 is 0 Å². The highest BCUT2D eigenvalue weighted by Gasteiger charge is 2.29. The van der Waals surface area contributed by atoms with Gasteiger partial charge in [0, 0.05) is 27.1 Å². The Morgan fingerprint density at radius 2 is 1.55 bits per heavy atom. The normalized spacial score (nSPS) is 12.8. The zero-order valence-corrected chi connectivity index (χ0v) is 19.0. The molecule has 0 unspecified atom stereocenters. The van der Waals surface area contributed by atoms with Crippen molar-refractivity contribution in [3.05, 3.63) is 71.8 Å². The molecule has 2 atom stereocenters. The molecule has 31 heavy (non-hydrogen) atoms. The molecule has 0 aliphatic heterocycles. The van der Waals surface area contributed by atoms with Crippen molar-refractivity contribution in [3.8, 4) is 0 Å². The van der Waals surface area contributed by atoms with Crippen LogP contribution in [0.3, 0.4) is 0 Å². The molecule has 0 radical (unpaired) electrons. The Hall–Kier alpha value is -2.86. The second-order valence-corrected chi connectivity index (χ2v) is 8.41. The molecule has 0 fully saturated rings. The Morgan fingerprint density at radius 3 is 2.06 bits per heavy atom. The summed E-state index contributed by atoms with van der Waals surface area (Å²) in [5.74, 6) is 0.232. The summed E-state index contributed by atoms with van der Waals surface area (Å²) in [6, 6.07) is 17.6. The minimum atomic E-state index is -0.693. The summed E-state index contributed by atoms with van der Waals surface area (Å²) in [4.78, 5) is 29.4. The third-order valence-corrected chi connectivity index (χ3v) is 5.26. The molecule has 168 valence electrons. The van der Waals surface area contributed by atoms with Crippen LogP contribution in [0.25, 0.3) is 0 Å². The molecule has 2 rings (SSSR count). The van der Waals surface area contributed by atoms with E-state index in [4.69, 9.17) is 0 Å². The summed E-state index contributed by atoms with van der Waals surface area (Å²) in [5.41, 5.74) is 1.83. The fraction of sp³-hybridized carbons (Fsp3) is 0.440. The fourth-order valence-corrected chi connectivity index (χ4v) is 3.45. The van der Waals surface area contributed by atoms with Crippen LogP contribution in [-0.4, -0.2) is 60.1 Å². The highest BCUT2D eigenvalue weighted by Crippen LogP contribution is 2.22. The number of aliphatic hydroxyl groups excluding tert-OH is 1. The minimum Gasteiger partial charge on any atom is -0.394 e. The van der Waals surface area contributed by atoms with E-state index in [0.717, 1.165) is 17.5 Å². The molecule has 0 saturated carbocycles. The van der Waals surface area contributed by atoms with Crippen LogP contribution in [0.15, 0.2) is 60.7 Å². The first-order valence-corrected chi connectivity index (χ1v) is 10.8. The number of carbonyl (C=O) groups excluding carboxylic acids is 2. The fourth-order valence-electron chi connectivity index (χ4n) is 3.45. The molecule has 0 saturated heterocycles. The molecule has 0 spiro atoms. The van der Waals surface area contributed by atoms with E-state index in [1.54, 1.807) is 19.0 Å². The smallest absolute Gasteiger partial charge is 0.318 e. The SMILES string of the molecule is CC(C)CCN(C(=O)N[C@@H](Cc1ccccc1)C(=O)N(C)C)[C@H](CO)c1ccccc1. The van der Waals surface area contributed by atoms with Crippen LogP contribution in [0.5, 0.6) is 0 Å². The topological polar surface area (TPSA) is 72.9 Å². The van der Waals surface area contributed by atoms with E-state index in [9.17, 15) is 14.7 Å². The Bertz CT molecular complexity index is 809. The second kappa shape index (κ2) is 12.1. The first-order valence-electron chi connectivity index (χ1n) is 10.8. The van der Waals surface area contributed by atoms with E-state index in [-0.39, 0.29) is 18.5 Å². The first-order chi connectivity index (χ1) is 14.8. The molecule has 0 bridgehead atoms. The van der Waals surface area contributed by atoms with Crippen LogP contribution < -0.4 is 5.32 Å². The van der Waals surface area contributed by atoms with Gasteiger partial charge in [-0.1, -0.05) is 74.5 Å². The number of nitrogens with zero attached hydrogens (tertiary/aromatic N) is 2.